The van der Waals surface area contributed by atoms with Gasteiger partial charge in [0, 0.05) is 20.2 Å². The second-order valence-electron chi connectivity index (χ2n) is 5.32. The first-order valence-corrected chi connectivity index (χ1v) is 8.53. The van der Waals surface area contributed by atoms with Crippen LogP contribution in [0.15, 0.2) is 29.2 Å². The fourth-order valence-electron chi connectivity index (χ4n) is 2.09. The summed E-state index contributed by atoms with van der Waals surface area (Å²) in [7, 11) is 2.08. The highest BCUT2D eigenvalue weighted by Gasteiger charge is 2.25. The lowest BCUT2D eigenvalue weighted by molar-refractivity contribution is 0.177. The lowest BCUT2D eigenvalue weighted by Gasteiger charge is -2.23. The summed E-state index contributed by atoms with van der Waals surface area (Å²) in [6.45, 7) is 3.94. The van der Waals surface area contributed by atoms with Crippen LogP contribution in [0.2, 0.25) is 0 Å². The van der Waals surface area contributed by atoms with Crippen molar-refractivity contribution < 1.29 is 13.2 Å². The van der Waals surface area contributed by atoms with Crippen LogP contribution in [0.5, 0.6) is 0 Å². The quantitative estimate of drug-likeness (QED) is 0.694. The number of hydrogen-bond donors (Lipinski definition) is 0. The summed E-state index contributed by atoms with van der Waals surface area (Å²) in [6, 6.07) is 7.09. The highest BCUT2D eigenvalue weighted by Crippen LogP contribution is 2.19. The molecule has 0 aromatic heterocycles. The van der Waals surface area contributed by atoms with Gasteiger partial charge in [0.15, 0.2) is 0 Å². The van der Waals surface area contributed by atoms with Crippen LogP contribution in [0, 0.1) is 6.92 Å². The third kappa shape index (κ3) is 5.39. The van der Waals surface area contributed by atoms with E-state index < -0.39 is 10.0 Å². The summed E-state index contributed by atoms with van der Waals surface area (Å²) in [5.41, 5.74) is 0.771. The third-order valence-corrected chi connectivity index (χ3v) is 5.33. The molecule has 0 bridgehead atoms. The van der Waals surface area contributed by atoms with E-state index in [1.165, 1.54) is 4.31 Å². The lowest BCUT2D eigenvalue weighted by Crippen LogP contribution is -2.36. The molecule has 0 aliphatic rings. The fourth-order valence-corrected chi connectivity index (χ4v) is 3.78. The standard InChI is InChI=1S/C15H26N2O3S/c1-14-8-5-6-9-15(14)21(18,19)17(12-13-20-4)11-7-10-16(2)3/h5-6,8-9H,7,10-13H2,1-4H3. The van der Waals surface area contributed by atoms with Gasteiger partial charge in [0.05, 0.1) is 11.5 Å². The Morgan fingerprint density at radius 3 is 2.33 bits per heavy atom. The van der Waals surface area contributed by atoms with Crippen LogP contribution in [0.1, 0.15) is 12.0 Å². The van der Waals surface area contributed by atoms with E-state index >= 15 is 0 Å². The predicted molar refractivity (Wildman–Crippen MR) is 85.0 cm³/mol. The first-order valence-electron chi connectivity index (χ1n) is 7.09. The van der Waals surface area contributed by atoms with Crippen molar-refractivity contribution in [2.75, 3.05) is 47.4 Å². The molecular formula is C15H26N2O3S. The molecule has 0 saturated heterocycles. The number of hydrogen-bond acceptors (Lipinski definition) is 4. The van der Waals surface area contributed by atoms with Gasteiger partial charge in [0.1, 0.15) is 0 Å². The van der Waals surface area contributed by atoms with E-state index in [-0.39, 0.29) is 0 Å². The smallest absolute Gasteiger partial charge is 0.243 e. The van der Waals surface area contributed by atoms with Crippen LogP contribution < -0.4 is 0 Å². The number of nitrogens with zero attached hydrogens (tertiary/aromatic N) is 2. The summed E-state index contributed by atoms with van der Waals surface area (Å²) in [4.78, 5) is 2.43. The van der Waals surface area contributed by atoms with Gasteiger partial charge in [-0.15, -0.1) is 0 Å². The molecule has 0 fully saturated rings. The van der Waals surface area contributed by atoms with E-state index in [1.54, 1.807) is 19.2 Å². The lowest BCUT2D eigenvalue weighted by atomic mass is 10.2. The molecule has 120 valence electrons. The van der Waals surface area contributed by atoms with Crippen molar-refractivity contribution in [3.05, 3.63) is 29.8 Å². The van der Waals surface area contributed by atoms with Gasteiger partial charge >= 0.3 is 0 Å². The average Bonchev–Trinajstić information content (AvgIpc) is 2.42. The first-order chi connectivity index (χ1) is 9.89. The normalized spacial score (nSPS) is 12.3. The third-order valence-electron chi connectivity index (χ3n) is 3.27. The van der Waals surface area contributed by atoms with Crippen LogP contribution >= 0.6 is 0 Å². The van der Waals surface area contributed by atoms with Crippen LogP contribution in [-0.2, 0) is 14.8 Å². The summed E-state index contributed by atoms with van der Waals surface area (Å²) >= 11 is 0. The molecule has 0 aliphatic carbocycles. The molecule has 0 N–H and O–H groups in total. The molecule has 0 unspecified atom stereocenters. The van der Waals surface area contributed by atoms with E-state index in [2.05, 4.69) is 4.90 Å². The molecule has 1 rings (SSSR count). The van der Waals surface area contributed by atoms with E-state index in [0.29, 0.717) is 24.6 Å². The van der Waals surface area contributed by atoms with Crippen molar-refractivity contribution in [2.24, 2.45) is 0 Å². The van der Waals surface area contributed by atoms with Crippen LogP contribution in [0.3, 0.4) is 0 Å². The molecule has 1 aromatic carbocycles. The molecule has 1 aromatic rings. The second-order valence-corrected chi connectivity index (χ2v) is 7.23. The topological polar surface area (TPSA) is 49.9 Å². The molecule has 0 spiro atoms. The Hall–Kier alpha value is -0.950. The van der Waals surface area contributed by atoms with Gasteiger partial charge in [-0.1, -0.05) is 18.2 Å². The van der Waals surface area contributed by atoms with Crippen molar-refractivity contribution in [1.29, 1.82) is 0 Å². The Morgan fingerprint density at radius 1 is 1.10 bits per heavy atom. The highest BCUT2D eigenvalue weighted by atomic mass is 32.2. The van der Waals surface area contributed by atoms with E-state index in [9.17, 15) is 8.42 Å². The molecule has 5 nitrogen and oxygen atoms in total. The zero-order chi connectivity index (χ0) is 15.9. The van der Waals surface area contributed by atoms with Gasteiger partial charge in [-0.25, -0.2) is 8.42 Å². The molecular weight excluding hydrogens is 288 g/mol. The van der Waals surface area contributed by atoms with E-state index in [4.69, 9.17) is 4.74 Å². The fraction of sp³-hybridized carbons (Fsp3) is 0.600. The second kappa shape index (κ2) is 8.48. The van der Waals surface area contributed by atoms with Crippen LogP contribution in [0.4, 0.5) is 0 Å². The molecule has 0 saturated carbocycles. The Balaban J connectivity index is 2.92. The van der Waals surface area contributed by atoms with Gasteiger partial charge in [0.2, 0.25) is 10.0 Å². The van der Waals surface area contributed by atoms with Gasteiger partial charge in [-0.3, -0.25) is 0 Å². The Morgan fingerprint density at radius 2 is 1.76 bits per heavy atom. The van der Waals surface area contributed by atoms with Crippen molar-refractivity contribution in [3.8, 4) is 0 Å². The van der Waals surface area contributed by atoms with Crippen molar-refractivity contribution in [3.63, 3.8) is 0 Å². The number of aryl methyl sites for hydroxylation is 1. The summed E-state index contributed by atoms with van der Waals surface area (Å²) in [5.74, 6) is 0. The van der Waals surface area contributed by atoms with Crippen LogP contribution in [-0.4, -0.2) is 65.1 Å². The predicted octanol–water partition coefficient (Wildman–Crippen LogP) is 1.58. The van der Waals surface area contributed by atoms with E-state index in [0.717, 1.165) is 18.5 Å². The zero-order valence-corrected chi connectivity index (χ0v) is 14.2. The van der Waals surface area contributed by atoms with Crippen molar-refractivity contribution in [1.82, 2.24) is 9.21 Å². The number of rotatable bonds is 9. The highest BCUT2D eigenvalue weighted by molar-refractivity contribution is 7.89. The molecule has 0 aliphatic heterocycles. The van der Waals surface area contributed by atoms with Gasteiger partial charge in [0.25, 0.3) is 0 Å². The zero-order valence-electron chi connectivity index (χ0n) is 13.4. The summed E-state index contributed by atoms with van der Waals surface area (Å²) in [6.07, 6.45) is 0.793. The number of ether oxygens (including phenoxy) is 1. The van der Waals surface area contributed by atoms with Gasteiger partial charge in [-0.05, 0) is 45.6 Å². The maximum Gasteiger partial charge on any atom is 0.243 e. The minimum absolute atomic E-state index is 0.376. The van der Waals surface area contributed by atoms with E-state index in [1.807, 2.05) is 33.2 Å². The van der Waals surface area contributed by atoms with Crippen molar-refractivity contribution in [2.45, 2.75) is 18.2 Å². The van der Waals surface area contributed by atoms with Crippen LogP contribution in [0.25, 0.3) is 0 Å². The first kappa shape index (κ1) is 18.1. The molecule has 0 atom stereocenters. The number of sulfonamides is 1. The molecule has 0 radical (unpaired) electrons. The Kier molecular flexibility index (Phi) is 7.31. The van der Waals surface area contributed by atoms with Crippen molar-refractivity contribution >= 4 is 10.0 Å². The Labute approximate surface area is 128 Å². The van der Waals surface area contributed by atoms with Gasteiger partial charge < -0.3 is 9.64 Å². The number of methoxy groups -OCH3 is 1. The SMILES string of the molecule is COCCN(CCCN(C)C)S(=O)(=O)c1ccccc1C. The molecule has 6 heteroatoms. The molecule has 0 amide bonds. The number of benzene rings is 1. The monoisotopic (exact) mass is 314 g/mol. The Bertz CT molecular complexity index is 529. The summed E-state index contributed by atoms with van der Waals surface area (Å²) < 4.78 is 32.1. The minimum Gasteiger partial charge on any atom is -0.383 e. The maximum absolute atomic E-state index is 12.8. The average molecular weight is 314 g/mol. The summed E-state index contributed by atoms with van der Waals surface area (Å²) in [5, 5.41) is 0. The van der Waals surface area contributed by atoms with Gasteiger partial charge in [-0.2, -0.15) is 4.31 Å². The molecule has 21 heavy (non-hydrogen) atoms. The largest absolute Gasteiger partial charge is 0.383 e. The molecule has 0 heterocycles. The maximum atomic E-state index is 12.8. The minimum atomic E-state index is -3.47.